The van der Waals surface area contributed by atoms with Crippen LogP contribution in [-0.2, 0) is 13.0 Å². The maximum atomic E-state index is 12.1. The van der Waals surface area contributed by atoms with Gasteiger partial charge in [0.25, 0.3) is 5.91 Å². The first-order valence-corrected chi connectivity index (χ1v) is 7.17. The van der Waals surface area contributed by atoms with Crippen molar-refractivity contribution in [3.63, 3.8) is 0 Å². The molecule has 0 aliphatic carbocycles. The van der Waals surface area contributed by atoms with Crippen LogP contribution in [0.2, 0.25) is 0 Å². The molecule has 0 saturated heterocycles. The summed E-state index contributed by atoms with van der Waals surface area (Å²) in [6, 6.07) is 3.29. The van der Waals surface area contributed by atoms with Gasteiger partial charge in [-0.05, 0) is 18.6 Å². The van der Waals surface area contributed by atoms with Gasteiger partial charge in [-0.1, -0.05) is 24.7 Å². The number of pyridine rings is 1. The molecule has 7 heteroatoms. The van der Waals surface area contributed by atoms with Gasteiger partial charge in [-0.2, -0.15) is 0 Å². The highest BCUT2D eigenvalue weighted by atomic mass is 32.1. The molecule has 0 aliphatic rings. The van der Waals surface area contributed by atoms with Crippen molar-refractivity contribution in [3.8, 4) is 0 Å². The first kappa shape index (κ1) is 14.3. The number of hydrogen-bond acceptors (Lipinski definition) is 5. The molecule has 2 aromatic heterocycles. The Morgan fingerprint density at radius 1 is 1.50 bits per heavy atom. The van der Waals surface area contributed by atoms with Crippen molar-refractivity contribution in [2.45, 2.75) is 26.3 Å². The van der Waals surface area contributed by atoms with Crippen molar-refractivity contribution in [1.82, 2.24) is 15.3 Å². The van der Waals surface area contributed by atoms with E-state index in [1.165, 1.54) is 0 Å². The number of thiazole rings is 1. The molecule has 0 bridgehead atoms. The molecule has 2 rings (SSSR count). The largest absolute Gasteiger partial charge is 0.384 e. The van der Waals surface area contributed by atoms with Crippen molar-refractivity contribution in [2.75, 3.05) is 5.73 Å². The molecule has 0 aromatic carbocycles. The fourth-order valence-electron chi connectivity index (χ4n) is 1.80. The minimum atomic E-state index is -0.233. The normalized spacial score (nSPS) is 10.4. The zero-order chi connectivity index (χ0) is 14.5. The van der Waals surface area contributed by atoms with Gasteiger partial charge in [-0.15, -0.1) is 0 Å². The molecule has 106 valence electrons. The maximum absolute atomic E-state index is 12.1. The molecular weight excluding hydrogens is 276 g/mol. The lowest BCUT2D eigenvalue weighted by atomic mass is 10.1. The van der Waals surface area contributed by atoms with Crippen molar-refractivity contribution >= 4 is 23.1 Å². The second kappa shape index (κ2) is 6.33. The standard InChI is InChI=1S/C13H16N4O2S/c1-2-3-9-4-8(5-11(14)16-9)12(18)15-6-10-7-20-13(19)17-10/h4-5,7H,2-3,6H2,1H3,(H2,14,16)(H,15,18)(H,17,19). The summed E-state index contributed by atoms with van der Waals surface area (Å²) in [6.07, 6.45) is 1.72. The summed E-state index contributed by atoms with van der Waals surface area (Å²) in [5, 5.41) is 4.43. The third-order valence-corrected chi connectivity index (χ3v) is 3.40. The topological polar surface area (TPSA) is 101 Å². The molecule has 4 N–H and O–H groups in total. The van der Waals surface area contributed by atoms with Crippen LogP contribution in [0.3, 0.4) is 0 Å². The molecule has 0 atom stereocenters. The van der Waals surface area contributed by atoms with Crippen LogP contribution in [-0.4, -0.2) is 15.9 Å². The zero-order valence-corrected chi connectivity index (χ0v) is 11.9. The van der Waals surface area contributed by atoms with Gasteiger partial charge in [0.2, 0.25) is 0 Å². The smallest absolute Gasteiger partial charge is 0.304 e. The maximum Gasteiger partial charge on any atom is 0.304 e. The number of hydrogen-bond donors (Lipinski definition) is 3. The molecule has 0 spiro atoms. The SMILES string of the molecule is CCCc1cc(C(=O)NCc2csc(=O)[nH]2)cc(N)n1. The van der Waals surface area contributed by atoms with Crippen molar-refractivity contribution < 1.29 is 4.79 Å². The molecule has 2 heterocycles. The van der Waals surface area contributed by atoms with Gasteiger partial charge in [0.1, 0.15) is 5.82 Å². The summed E-state index contributed by atoms with van der Waals surface area (Å²) >= 11 is 1.07. The Morgan fingerprint density at radius 3 is 2.95 bits per heavy atom. The molecule has 0 fully saturated rings. The van der Waals surface area contributed by atoms with Gasteiger partial charge in [0.05, 0.1) is 6.54 Å². The predicted molar refractivity (Wildman–Crippen MR) is 78.8 cm³/mol. The Hall–Kier alpha value is -2.15. The summed E-state index contributed by atoms with van der Waals surface area (Å²) in [4.78, 5) is 29.7. The molecule has 0 unspecified atom stereocenters. The number of aromatic amines is 1. The average Bonchev–Trinajstić information content (AvgIpc) is 2.81. The van der Waals surface area contributed by atoms with Crippen LogP contribution >= 0.6 is 11.3 Å². The Balaban J connectivity index is 2.06. The number of nitrogen functional groups attached to an aromatic ring is 1. The average molecular weight is 292 g/mol. The Morgan fingerprint density at radius 2 is 2.30 bits per heavy atom. The van der Waals surface area contributed by atoms with Crippen molar-refractivity contribution in [3.05, 3.63) is 44.1 Å². The number of aryl methyl sites for hydroxylation is 1. The lowest BCUT2D eigenvalue weighted by molar-refractivity contribution is 0.0950. The van der Waals surface area contributed by atoms with Crippen molar-refractivity contribution in [1.29, 1.82) is 0 Å². The van der Waals surface area contributed by atoms with Gasteiger partial charge in [0, 0.05) is 22.3 Å². The number of amides is 1. The summed E-state index contributed by atoms with van der Waals surface area (Å²) in [7, 11) is 0. The van der Waals surface area contributed by atoms with Crippen molar-refractivity contribution in [2.24, 2.45) is 0 Å². The van der Waals surface area contributed by atoms with E-state index in [4.69, 9.17) is 5.73 Å². The van der Waals surface area contributed by atoms with E-state index in [9.17, 15) is 9.59 Å². The first-order valence-electron chi connectivity index (χ1n) is 6.30. The number of nitrogens with zero attached hydrogens (tertiary/aromatic N) is 1. The van der Waals surface area contributed by atoms with Gasteiger partial charge in [-0.3, -0.25) is 9.59 Å². The van der Waals surface area contributed by atoms with Crippen LogP contribution in [0.15, 0.2) is 22.3 Å². The van der Waals surface area contributed by atoms with Gasteiger partial charge in [0.15, 0.2) is 0 Å². The molecule has 1 amide bonds. The molecule has 6 nitrogen and oxygen atoms in total. The number of carbonyl (C=O) groups is 1. The quantitative estimate of drug-likeness (QED) is 0.773. The molecule has 0 saturated carbocycles. The minimum absolute atomic E-state index is 0.132. The second-order valence-corrected chi connectivity index (χ2v) is 5.22. The Labute approximate surface area is 120 Å². The third kappa shape index (κ3) is 3.67. The summed E-state index contributed by atoms with van der Waals surface area (Å²) in [5.41, 5.74) is 7.68. The van der Waals surface area contributed by atoms with E-state index >= 15 is 0 Å². The highest BCUT2D eigenvalue weighted by molar-refractivity contribution is 7.07. The second-order valence-electron chi connectivity index (χ2n) is 4.38. The zero-order valence-electron chi connectivity index (χ0n) is 11.1. The van der Waals surface area contributed by atoms with E-state index in [0.717, 1.165) is 29.9 Å². The first-order chi connectivity index (χ1) is 9.58. The monoisotopic (exact) mass is 292 g/mol. The van der Waals surface area contributed by atoms with Crippen LogP contribution in [0.1, 0.15) is 35.1 Å². The number of rotatable bonds is 5. The molecule has 2 aromatic rings. The number of nitrogens with one attached hydrogen (secondary N) is 2. The number of anilines is 1. The highest BCUT2D eigenvalue weighted by Crippen LogP contribution is 2.10. The fourth-order valence-corrected chi connectivity index (χ4v) is 2.39. The van der Waals surface area contributed by atoms with Crippen LogP contribution < -0.4 is 15.9 Å². The van der Waals surface area contributed by atoms with E-state index in [0.29, 0.717) is 17.1 Å². The molecule has 0 radical (unpaired) electrons. The van der Waals surface area contributed by atoms with E-state index in [1.807, 2.05) is 6.92 Å². The highest BCUT2D eigenvalue weighted by Gasteiger charge is 2.09. The number of aromatic nitrogens is 2. The van der Waals surface area contributed by atoms with E-state index in [2.05, 4.69) is 15.3 Å². The summed E-state index contributed by atoms with van der Waals surface area (Å²) in [5.74, 6) is 0.105. The number of carbonyl (C=O) groups excluding carboxylic acids is 1. The van der Waals surface area contributed by atoms with Crippen LogP contribution in [0.4, 0.5) is 5.82 Å². The molecule has 20 heavy (non-hydrogen) atoms. The predicted octanol–water partition coefficient (Wildman–Crippen LogP) is 1.30. The van der Waals surface area contributed by atoms with Gasteiger partial charge < -0.3 is 16.0 Å². The van der Waals surface area contributed by atoms with E-state index in [1.54, 1.807) is 17.5 Å². The van der Waals surface area contributed by atoms with Crippen LogP contribution in [0.25, 0.3) is 0 Å². The van der Waals surface area contributed by atoms with Crippen LogP contribution in [0.5, 0.6) is 0 Å². The minimum Gasteiger partial charge on any atom is -0.384 e. The lowest BCUT2D eigenvalue weighted by Gasteiger charge is -2.07. The molecule has 0 aliphatic heterocycles. The molecular formula is C13H16N4O2S. The Bertz CT molecular complexity index is 662. The van der Waals surface area contributed by atoms with Gasteiger partial charge >= 0.3 is 4.87 Å². The van der Waals surface area contributed by atoms with Crippen LogP contribution in [0, 0.1) is 0 Å². The Kier molecular flexibility index (Phi) is 4.52. The van der Waals surface area contributed by atoms with E-state index in [-0.39, 0.29) is 17.3 Å². The number of nitrogens with two attached hydrogens (primary N) is 1. The van der Waals surface area contributed by atoms with Gasteiger partial charge in [-0.25, -0.2) is 4.98 Å². The summed E-state index contributed by atoms with van der Waals surface area (Å²) < 4.78 is 0. The number of H-pyrrole nitrogens is 1. The third-order valence-electron chi connectivity index (χ3n) is 2.68. The lowest BCUT2D eigenvalue weighted by Crippen LogP contribution is -2.23. The fraction of sp³-hybridized carbons (Fsp3) is 0.308. The summed E-state index contributed by atoms with van der Waals surface area (Å²) in [6.45, 7) is 2.32. The van der Waals surface area contributed by atoms with E-state index < -0.39 is 0 Å².